The van der Waals surface area contributed by atoms with Crippen LogP contribution < -0.4 is 5.32 Å². The standard InChI is InChI=1S/C9H15NO4/c1-3-9(4-2)7(13)10-8(9)14-5-6(11)12/h8H,3-5H2,1-2H3,(H,10,13)(H,11,12). The Kier molecular flexibility index (Phi) is 3.10. The van der Waals surface area contributed by atoms with E-state index < -0.39 is 17.6 Å². The number of aliphatic carboxylic acids is 1. The molecule has 0 aromatic carbocycles. The zero-order chi connectivity index (χ0) is 10.8. The summed E-state index contributed by atoms with van der Waals surface area (Å²) in [5.74, 6) is -1.06. The van der Waals surface area contributed by atoms with Gasteiger partial charge in [-0.2, -0.15) is 0 Å². The van der Waals surface area contributed by atoms with E-state index >= 15 is 0 Å². The van der Waals surface area contributed by atoms with Crippen LogP contribution in [-0.2, 0) is 14.3 Å². The molecule has 0 radical (unpaired) electrons. The van der Waals surface area contributed by atoms with E-state index in [1.165, 1.54) is 0 Å². The largest absolute Gasteiger partial charge is 0.480 e. The molecule has 0 aliphatic carbocycles. The highest BCUT2D eigenvalue weighted by molar-refractivity contribution is 5.89. The molecule has 1 saturated heterocycles. The number of amides is 1. The maximum absolute atomic E-state index is 11.3. The molecule has 2 N–H and O–H groups in total. The third kappa shape index (κ3) is 1.59. The Morgan fingerprint density at radius 1 is 1.57 bits per heavy atom. The highest BCUT2D eigenvalue weighted by Crippen LogP contribution is 2.38. The lowest BCUT2D eigenvalue weighted by atomic mass is 9.73. The fourth-order valence-electron chi connectivity index (χ4n) is 1.74. The van der Waals surface area contributed by atoms with Crippen molar-refractivity contribution in [3.63, 3.8) is 0 Å². The number of carbonyl (C=O) groups excluding carboxylic acids is 1. The monoisotopic (exact) mass is 201 g/mol. The van der Waals surface area contributed by atoms with Gasteiger partial charge in [-0.05, 0) is 12.8 Å². The topological polar surface area (TPSA) is 75.6 Å². The van der Waals surface area contributed by atoms with E-state index in [2.05, 4.69) is 5.32 Å². The summed E-state index contributed by atoms with van der Waals surface area (Å²) in [4.78, 5) is 21.6. The zero-order valence-corrected chi connectivity index (χ0v) is 8.37. The van der Waals surface area contributed by atoms with Crippen LogP contribution in [-0.4, -0.2) is 29.8 Å². The number of rotatable bonds is 5. The predicted molar refractivity (Wildman–Crippen MR) is 48.5 cm³/mol. The summed E-state index contributed by atoms with van der Waals surface area (Å²) >= 11 is 0. The van der Waals surface area contributed by atoms with Crippen LogP contribution in [0.5, 0.6) is 0 Å². The van der Waals surface area contributed by atoms with E-state index in [1.54, 1.807) is 0 Å². The third-order valence-corrected chi connectivity index (χ3v) is 2.85. The minimum absolute atomic E-state index is 0.0436. The average molecular weight is 201 g/mol. The molecule has 0 aromatic heterocycles. The van der Waals surface area contributed by atoms with E-state index in [4.69, 9.17) is 9.84 Å². The number of carboxylic acids is 1. The van der Waals surface area contributed by atoms with Crippen LogP contribution in [0.15, 0.2) is 0 Å². The number of carboxylic acid groups (broad SMARTS) is 1. The van der Waals surface area contributed by atoms with Gasteiger partial charge >= 0.3 is 5.97 Å². The van der Waals surface area contributed by atoms with Crippen molar-refractivity contribution in [1.82, 2.24) is 5.32 Å². The molecule has 1 rings (SSSR count). The first-order chi connectivity index (χ1) is 6.56. The van der Waals surface area contributed by atoms with Gasteiger partial charge in [0, 0.05) is 0 Å². The van der Waals surface area contributed by atoms with Gasteiger partial charge in [-0.25, -0.2) is 4.79 Å². The molecule has 80 valence electrons. The van der Waals surface area contributed by atoms with Crippen LogP contribution in [0.2, 0.25) is 0 Å². The van der Waals surface area contributed by atoms with E-state index in [1.807, 2.05) is 13.8 Å². The van der Waals surface area contributed by atoms with E-state index in [0.717, 1.165) is 0 Å². The van der Waals surface area contributed by atoms with Gasteiger partial charge < -0.3 is 15.2 Å². The normalized spacial score (nSPS) is 23.9. The molecular weight excluding hydrogens is 186 g/mol. The first-order valence-electron chi connectivity index (χ1n) is 4.71. The van der Waals surface area contributed by atoms with Crippen molar-refractivity contribution in [3.8, 4) is 0 Å². The fourth-order valence-corrected chi connectivity index (χ4v) is 1.74. The van der Waals surface area contributed by atoms with Crippen molar-refractivity contribution >= 4 is 11.9 Å². The highest BCUT2D eigenvalue weighted by Gasteiger charge is 2.53. The maximum atomic E-state index is 11.3. The Morgan fingerprint density at radius 2 is 2.14 bits per heavy atom. The molecule has 0 spiro atoms. The smallest absolute Gasteiger partial charge is 0.329 e. The van der Waals surface area contributed by atoms with Crippen molar-refractivity contribution < 1.29 is 19.4 Å². The fraction of sp³-hybridized carbons (Fsp3) is 0.778. The van der Waals surface area contributed by atoms with Crippen molar-refractivity contribution in [2.45, 2.75) is 32.9 Å². The summed E-state index contributed by atoms with van der Waals surface area (Å²) in [6.45, 7) is 3.44. The number of hydrogen-bond donors (Lipinski definition) is 2. The van der Waals surface area contributed by atoms with Crippen molar-refractivity contribution in [3.05, 3.63) is 0 Å². The van der Waals surface area contributed by atoms with Crippen molar-refractivity contribution in [1.29, 1.82) is 0 Å². The summed E-state index contributed by atoms with van der Waals surface area (Å²) in [5.41, 5.74) is -0.518. The predicted octanol–water partition coefficient (Wildman–Crippen LogP) is 0.350. The van der Waals surface area contributed by atoms with Crippen molar-refractivity contribution in [2.75, 3.05) is 6.61 Å². The second-order valence-electron chi connectivity index (χ2n) is 3.42. The average Bonchev–Trinajstić information content (AvgIpc) is 2.14. The van der Waals surface area contributed by atoms with Crippen LogP contribution in [0.4, 0.5) is 0 Å². The second-order valence-corrected chi connectivity index (χ2v) is 3.42. The van der Waals surface area contributed by atoms with Gasteiger partial charge in [0.25, 0.3) is 0 Å². The molecule has 1 heterocycles. The Labute approximate surface area is 82.4 Å². The molecule has 0 bridgehead atoms. The van der Waals surface area contributed by atoms with E-state index in [0.29, 0.717) is 12.8 Å². The van der Waals surface area contributed by atoms with Crippen LogP contribution in [0.3, 0.4) is 0 Å². The lowest BCUT2D eigenvalue weighted by molar-refractivity contribution is -0.181. The lowest BCUT2D eigenvalue weighted by Crippen LogP contribution is -2.67. The molecule has 1 unspecified atom stereocenters. The Hall–Kier alpha value is -1.10. The minimum atomic E-state index is -1.02. The lowest BCUT2D eigenvalue weighted by Gasteiger charge is -2.46. The van der Waals surface area contributed by atoms with Crippen LogP contribution in [0.1, 0.15) is 26.7 Å². The van der Waals surface area contributed by atoms with Gasteiger partial charge in [0.1, 0.15) is 12.8 Å². The Bertz CT molecular complexity index is 247. The zero-order valence-electron chi connectivity index (χ0n) is 8.37. The van der Waals surface area contributed by atoms with Gasteiger partial charge in [0.15, 0.2) is 0 Å². The summed E-state index contributed by atoms with van der Waals surface area (Å²) < 4.78 is 5.08. The molecule has 5 heteroatoms. The van der Waals surface area contributed by atoms with Crippen molar-refractivity contribution in [2.24, 2.45) is 5.41 Å². The van der Waals surface area contributed by atoms with E-state index in [9.17, 15) is 9.59 Å². The molecular formula is C9H15NO4. The van der Waals surface area contributed by atoms with Gasteiger partial charge in [0.2, 0.25) is 5.91 Å². The van der Waals surface area contributed by atoms with Gasteiger partial charge in [-0.1, -0.05) is 13.8 Å². The Balaban J connectivity index is 2.55. The number of nitrogens with one attached hydrogen (secondary N) is 1. The first-order valence-corrected chi connectivity index (χ1v) is 4.71. The quantitative estimate of drug-likeness (QED) is 0.629. The molecule has 0 saturated carbocycles. The minimum Gasteiger partial charge on any atom is -0.480 e. The Morgan fingerprint density at radius 3 is 2.50 bits per heavy atom. The molecule has 5 nitrogen and oxygen atoms in total. The van der Waals surface area contributed by atoms with E-state index in [-0.39, 0.29) is 12.5 Å². The third-order valence-electron chi connectivity index (χ3n) is 2.85. The van der Waals surface area contributed by atoms with Gasteiger partial charge in [0.05, 0.1) is 5.41 Å². The molecule has 1 atom stereocenters. The molecule has 1 aliphatic rings. The number of hydrogen-bond acceptors (Lipinski definition) is 3. The molecule has 0 aromatic rings. The number of carbonyl (C=O) groups is 2. The molecule has 1 fully saturated rings. The highest BCUT2D eigenvalue weighted by atomic mass is 16.5. The molecule has 1 aliphatic heterocycles. The summed E-state index contributed by atoms with van der Waals surface area (Å²) in [6, 6.07) is 0. The van der Waals surface area contributed by atoms with Gasteiger partial charge in [-0.3, -0.25) is 4.79 Å². The first kappa shape index (κ1) is 11.0. The van der Waals surface area contributed by atoms with Gasteiger partial charge in [-0.15, -0.1) is 0 Å². The summed E-state index contributed by atoms with van der Waals surface area (Å²) in [7, 11) is 0. The number of ether oxygens (including phenoxy) is 1. The SMILES string of the molecule is CCC1(CC)C(=O)NC1OCC(=O)O. The maximum Gasteiger partial charge on any atom is 0.329 e. The second kappa shape index (κ2) is 3.96. The molecule has 1 amide bonds. The van der Waals surface area contributed by atoms with Crippen LogP contribution >= 0.6 is 0 Å². The van der Waals surface area contributed by atoms with Crippen LogP contribution in [0.25, 0.3) is 0 Å². The molecule has 14 heavy (non-hydrogen) atoms. The summed E-state index contributed by atoms with van der Waals surface area (Å²) in [6.07, 6.45) is 0.889. The van der Waals surface area contributed by atoms with Crippen LogP contribution in [0, 0.1) is 5.41 Å². The number of β-lactam (4-membered cyclic amide) rings is 1. The summed E-state index contributed by atoms with van der Waals surface area (Å²) in [5, 5.41) is 11.0.